The monoisotopic (exact) mass is 628 g/mol. The zero-order chi connectivity index (χ0) is 32.3. The third-order valence-electron chi connectivity index (χ3n) is 7.78. The van der Waals surface area contributed by atoms with Crippen molar-refractivity contribution in [1.29, 1.82) is 0 Å². The Kier molecular flexibility index (Phi) is 9.40. The van der Waals surface area contributed by atoms with Gasteiger partial charge in [-0.25, -0.2) is 4.79 Å². The predicted molar refractivity (Wildman–Crippen MR) is 161 cm³/mol. The summed E-state index contributed by atoms with van der Waals surface area (Å²) in [6.07, 6.45) is -4.81. The minimum atomic E-state index is -4.40. The lowest BCUT2D eigenvalue weighted by atomic mass is 9.99. The van der Waals surface area contributed by atoms with Crippen molar-refractivity contribution in [3.63, 3.8) is 0 Å². The first-order chi connectivity index (χ1) is 21.4. The number of nitrogens with zero attached hydrogens (tertiary/aromatic N) is 2. The molecule has 0 saturated carbocycles. The summed E-state index contributed by atoms with van der Waals surface area (Å²) in [5.74, 6) is 0.910. The maximum Gasteiger partial charge on any atom is 0.416 e. The zero-order valence-electron chi connectivity index (χ0n) is 25.1. The van der Waals surface area contributed by atoms with Gasteiger partial charge in [0, 0.05) is 43.0 Å². The number of amides is 3. The van der Waals surface area contributed by atoms with Crippen molar-refractivity contribution in [2.45, 2.75) is 38.7 Å². The molecule has 2 aliphatic rings. The number of nitrogens with one attached hydrogen (secondary N) is 2. The number of hydrogen-bond acceptors (Lipinski definition) is 7. The van der Waals surface area contributed by atoms with Gasteiger partial charge in [-0.1, -0.05) is 19.1 Å². The molecular weight excluding hydrogens is 593 g/mol. The fraction of sp³-hybridized carbons (Fsp3) is 0.375. The topological polar surface area (TPSA) is 113 Å². The van der Waals surface area contributed by atoms with Gasteiger partial charge in [0.1, 0.15) is 11.9 Å². The Morgan fingerprint density at radius 2 is 1.67 bits per heavy atom. The lowest BCUT2D eigenvalue weighted by Gasteiger charge is -2.38. The number of hydrogen-bond donors (Lipinski definition) is 3. The minimum Gasteiger partial charge on any atom is -0.488 e. The second-order valence-electron chi connectivity index (χ2n) is 11.4. The molecule has 0 radical (unpaired) electrons. The molecule has 0 saturated heterocycles. The Balaban J connectivity index is 1.32. The molecule has 0 aromatic heterocycles. The smallest absolute Gasteiger partial charge is 0.416 e. The number of ether oxygens (including phenoxy) is 3. The average Bonchev–Trinajstić information content (AvgIpc) is 3.46. The molecule has 13 heteroatoms. The standard InChI is InChI=1S/C32H35F3N4O6/c1-19-14-39(20(2)17-40)30(41)25-12-23(36-31(42)37-24-9-11-27-28(13-24)44-18-43-27)8-10-26(25)45-29(19)16-38(3)15-21-4-6-22(7-5-21)32(33,34)35/h4-13,19-20,29,40H,14-18H2,1-3H3,(H2,36,37,42)/t19-,20-,29+/m1/s1. The predicted octanol–water partition coefficient (Wildman–Crippen LogP) is 5.43. The van der Waals surface area contributed by atoms with Gasteiger partial charge in [-0.3, -0.25) is 9.69 Å². The number of likely N-dealkylation sites (N-methyl/N-ethyl adjacent to an activating group) is 1. The fourth-order valence-electron chi connectivity index (χ4n) is 5.27. The molecule has 3 amide bonds. The van der Waals surface area contributed by atoms with E-state index in [1.807, 2.05) is 18.9 Å². The molecule has 0 fully saturated rings. The maximum absolute atomic E-state index is 13.7. The van der Waals surface area contributed by atoms with Gasteiger partial charge in [0.25, 0.3) is 5.91 Å². The summed E-state index contributed by atoms with van der Waals surface area (Å²) >= 11 is 0. The molecule has 2 aliphatic heterocycles. The zero-order valence-corrected chi connectivity index (χ0v) is 25.1. The van der Waals surface area contributed by atoms with Crippen LogP contribution in [0.4, 0.5) is 29.3 Å². The molecule has 3 aromatic carbocycles. The van der Waals surface area contributed by atoms with Gasteiger partial charge in [0.15, 0.2) is 11.5 Å². The summed E-state index contributed by atoms with van der Waals surface area (Å²) in [5, 5.41) is 15.4. The largest absolute Gasteiger partial charge is 0.488 e. The summed E-state index contributed by atoms with van der Waals surface area (Å²) in [6.45, 7) is 4.65. The first-order valence-corrected chi connectivity index (χ1v) is 14.5. The summed E-state index contributed by atoms with van der Waals surface area (Å²) < 4.78 is 56.0. The molecular formula is C32H35F3N4O6. The molecule has 0 spiro atoms. The third-order valence-corrected chi connectivity index (χ3v) is 7.78. The molecule has 0 aliphatic carbocycles. The van der Waals surface area contributed by atoms with Crippen molar-refractivity contribution in [3.05, 3.63) is 77.4 Å². The number of aliphatic hydroxyl groups excluding tert-OH is 1. The van der Waals surface area contributed by atoms with Gasteiger partial charge < -0.3 is 34.9 Å². The normalized spacial score (nSPS) is 18.5. The minimum absolute atomic E-state index is 0.108. The molecule has 2 heterocycles. The number of urea groups is 1. The second-order valence-corrected chi connectivity index (χ2v) is 11.4. The summed E-state index contributed by atoms with van der Waals surface area (Å²) in [6, 6.07) is 13.8. The SMILES string of the molecule is C[C@@H]1CN([C@H](C)CO)C(=O)c2cc(NC(=O)Nc3ccc4c(c3)OCO4)ccc2O[C@H]1CN(C)Cc1ccc(C(F)(F)F)cc1. The van der Waals surface area contributed by atoms with Gasteiger partial charge in [0.05, 0.1) is 23.8 Å². The Hall–Kier alpha value is -4.49. The quantitative estimate of drug-likeness (QED) is 0.305. The van der Waals surface area contributed by atoms with Gasteiger partial charge >= 0.3 is 12.2 Å². The van der Waals surface area contributed by atoms with Crippen molar-refractivity contribution in [2.24, 2.45) is 5.92 Å². The Morgan fingerprint density at radius 3 is 2.33 bits per heavy atom. The lowest BCUT2D eigenvalue weighted by Crippen LogP contribution is -2.49. The van der Waals surface area contributed by atoms with Crippen molar-refractivity contribution in [1.82, 2.24) is 9.80 Å². The van der Waals surface area contributed by atoms with E-state index in [9.17, 15) is 27.9 Å². The van der Waals surface area contributed by atoms with Crippen molar-refractivity contribution < 1.29 is 42.1 Å². The van der Waals surface area contributed by atoms with Gasteiger partial charge in [-0.2, -0.15) is 13.2 Å². The maximum atomic E-state index is 13.7. The first kappa shape index (κ1) is 31.9. The van der Waals surface area contributed by atoms with E-state index in [0.29, 0.717) is 53.8 Å². The summed E-state index contributed by atoms with van der Waals surface area (Å²) in [5.41, 5.74) is 1.07. The van der Waals surface area contributed by atoms with Gasteiger partial charge in [0.2, 0.25) is 6.79 Å². The number of carbonyl (C=O) groups is 2. The van der Waals surface area contributed by atoms with Crippen LogP contribution >= 0.6 is 0 Å². The number of rotatable bonds is 8. The number of carbonyl (C=O) groups excluding carboxylic acids is 2. The van der Waals surface area contributed by atoms with E-state index in [1.165, 1.54) is 18.2 Å². The van der Waals surface area contributed by atoms with E-state index in [-0.39, 0.29) is 30.8 Å². The van der Waals surface area contributed by atoms with Crippen molar-refractivity contribution in [2.75, 3.05) is 44.2 Å². The highest BCUT2D eigenvalue weighted by Crippen LogP contribution is 2.35. The number of fused-ring (bicyclic) bond motifs is 2. The van der Waals surface area contributed by atoms with Crippen LogP contribution in [0.15, 0.2) is 60.7 Å². The lowest BCUT2D eigenvalue weighted by molar-refractivity contribution is -0.137. The van der Waals surface area contributed by atoms with Crippen LogP contribution in [0.3, 0.4) is 0 Å². The van der Waals surface area contributed by atoms with Gasteiger partial charge in [-0.15, -0.1) is 0 Å². The van der Waals surface area contributed by atoms with E-state index >= 15 is 0 Å². The molecule has 0 unspecified atom stereocenters. The van der Waals surface area contributed by atoms with E-state index in [4.69, 9.17) is 14.2 Å². The first-order valence-electron chi connectivity index (χ1n) is 14.5. The number of anilines is 2. The molecule has 0 bridgehead atoms. The number of benzene rings is 3. The van der Waals surface area contributed by atoms with Crippen LogP contribution in [0, 0.1) is 5.92 Å². The molecule has 240 valence electrons. The summed E-state index contributed by atoms with van der Waals surface area (Å²) in [4.78, 5) is 30.1. The van der Waals surface area contributed by atoms with Crippen LogP contribution < -0.4 is 24.8 Å². The van der Waals surface area contributed by atoms with E-state index in [0.717, 1.165) is 12.1 Å². The number of aliphatic hydroxyl groups is 1. The van der Waals surface area contributed by atoms with Crippen LogP contribution in [0.2, 0.25) is 0 Å². The average molecular weight is 629 g/mol. The van der Waals surface area contributed by atoms with Crippen LogP contribution in [0.25, 0.3) is 0 Å². The fourth-order valence-corrected chi connectivity index (χ4v) is 5.27. The van der Waals surface area contributed by atoms with Crippen LogP contribution in [0.1, 0.15) is 35.3 Å². The van der Waals surface area contributed by atoms with Crippen molar-refractivity contribution >= 4 is 23.3 Å². The van der Waals surface area contributed by atoms with Gasteiger partial charge in [-0.05, 0) is 62.0 Å². The molecule has 10 nitrogen and oxygen atoms in total. The van der Waals surface area contributed by atoms with E-state index in [2.05, 4.69) is 10.6 Å². The summed E-state index contributed by atoms with van der Waals surface area (Å²) in [7, 11) is 1.85. The molecule has 3 atom stereocenters. The highest BCUT2D eigenvalue weighted by atomic mass is 19.4. The van der Waals surface area contributed by atoms with Crippen LogP contribution in [-0.4, -0.2) is 72.5 Å². The highest BCUT2D eigenvalue weighted by molar-refractivity contribution is 6.02. The molecule has 5 rings (SSSR count). The number of alkyl halides is 3. The molecule has 45 heavy (non-hydrogen) atoms. The van der Waals surface area contributed by atoms with E-state index < -0.39 is 29.9 Å². The second kappa shape index (κ2) is 13.2. The Morgan fingerprint density at radius 1 is 1.02 bits per heavy atom. The molecule has 3 aromatic rings. The highest BCUT2D eigenvalue weighted by Gasteiger charge is 2.34. The Bertz CT molecular complexity index is 1530. The molecule has 3 N–H and O–H groups in total. The Labute approximate surface area is 258 Å². The van der Waals surface area contributed by atoms with Crippen LogP contribution in [0.5, 0.6) is 17.2 Å². The van der Waals surface area contributed by atoms with Crippen LogP contribution in [-0.2, 0) is 12.7 Å². The van der Waals surface area contributed by atoms with E-state index in [1.54, 1.807) is 42.2 Å². The van der Waals surface area contributed by atoms with Crippen molar-refractivity contribution in [3.8, 4) is 17.2 Å². The number of halogens is 3. The third kappa shape index (κ3) is 7.60.